The van der Waals surface area contributed by atoms with Crippen LogP contribution in [-0.4, -0.2) is 33.3 Å². The maximum absolute atomic E-state index is 13.7. The van der Waals surface area contributed by atoms with E-state index in [1.54, 1.807) is 48.5 Å². The van der Waals surface area contributed by atoms with Crippen LogP contribution in [0.15, 0.2) is 110 Å². The van der Waals surface area contributed by atoms with Gasteiger partial charge in [0.05, 0.1) is 22.0 Å². The second kappa shape index (κ2) is 11.9. The first-order chi connectivity index (χ1) is 21.3. The average Bonchev–Trinajstić information content (AvgIpc) is 3.44. The molecule has 218 valence electrons. The van der Waals surface area contributed by atoms with Crippen LogP contribution in [0.2, 0.25) is 0 Å². The first kappa shape index (κ1) is 28.5. The number of nitrogens with zero attached hydrogens (tertiary/aromatic N) is 4. The number of fused-ring (bicyclic) bond motifs is 2. The molecular formula is C32H22BrN5O6. The molecule has 0 aliphatic heterocycles. The number of ether oxygens (including phenoxy) is 1. The number of para-hydroxylation sites is 2. The molecular weight excluding hydrogens is 630 g/mol. The van der Waals surface area contributed by atoms with Crippen molar-refractivity contribution in [2.75, 3.05) is 11.9 Å². The Morgan fingerprint density at radius 2 is 1.89 bits per heavy atom. The van der Waals surface area contributed by atoms with Gasteiger partial charge in [-0.05, 0) is 61.5 Å². The van der Waals surface area contributed by atoms with E-state index in [1.165, 1.54) is 24.4 Å². The van der Waals surface area contributed by atoms with E-state index in [0.29, 0.717) is 27.9 Å². The molecule has 0 bridgehead atoms. The number of halogens is 1. The lowest BCUT2D eigenvalue weighted by Crippen LogP contribution is -2.21. The van der Waals surface area contributed by atoms with Crippen molar-refractivity contribution in [2.45, 2.75) is 6.92 Å². The second-order valence-electron chi connectivity index (χ2n) is 9.76. The molecule has 11 nitrogen and oxygen atoms in total. The smallest absolute Gasteiger partial charge is 0.311 e. The quantitative estimate of drug-likeness (QED) is 0.110. The van der Waals surface area contributed by atoms with Crippen LogP contribution in [0.1, 0.15) is 11.1 Å². The fraction of sp³-hybridized carbons (Fsp3) is 0.0625. The fourth-order valence-electron chi connectivity index (χ4n) is 4.55. The van der Waals surface area contributed by atoms with Gasteiger partial charge in [0, 0.05) is 27.2 Å². The number of furan rings is 1. The van der Waals surface area contributed by atoms with Crippen LogP contribution < -0.4 is 15.6 Å². The van der Waals surface area contributed by atoms with Gasteiger partial charge in [-0.3, -0.25) is 19.7 Å². The molecule has 0 aliphatic rings. The summed E-state index contributed by atoms with van der Waals surface area (Å²) in [6, 6.07) is 25.5. The summed E-state index contributed by atoms with van der Waals surface area (Å²) in [7, 11) is 0. The number of nitro groups is 1. The third kappa shape index (κ3) is 5.83. The van der Waals surface area contributed by atoms with Crippen molar-refractivity contribution in [3.8, 4) is 17.3 Å². The molecule has 2 aromatic heterocycles. The van der Waals surface area contributed by atoms with Gasteiger partial charge < -0.3 is 14.5 Å². The maximum Gasteiger partial charge on any atom is 0.311 e. The van der Waals surface area contributed by atoms with E-state index >= 15 is 0 Å². The lowest BCUT2D eigenvalue weighted by atomic mass is 10.2. The molecule has 0 saturated heterocycles. The molecule has 0 aliphatic carbocycles. The van der Waals surface area contributed by atoms with Gasteiger partial charge in [0.25, 0.3) is 11.5 Å². The van der Waals surface area contributed by atoms with Crippen LogP contribution in [-0.2, 0) is 4.79 Å². The van der Waals surface area contributed by atoms with E-state index in [1.807, 2.05) is 31.2 Å². The Hall–Kier alpha value is -5.62. The predicted molar refractivity (Wildman–Crippen MR) is 170 cm³/mol. The monoisotopic (exact) mass is 651 g/mol. The van der Waals surface area contributed by atoms with Gasteiger partial charge in [0.15, 0.2) is 12.4 Å². The summed E-state index contributed by atoms with van der Waals surface area (Å²) in [6.07, 6.45) is 1.25. The van der Waals surface area contributed by atoms with Gasteiger partial charge in [-0.15, -0.1) is 0 Å². The van der Waals surface area contributed by atoms with E-state index < -0.39 is 23.0 Å². The summed E-state index contributed by atoms with van der Waals surface area (Å²) in [4.78, 5) is 42.2. The molecule has 1 amide bonds. The molecule has 0 spiro atoms. The summed E-state index contributed by atoms with van der Waals surface area (Å²) in [5.41, 5.74) is 1.93. The van der Waals surface area contributed by atoms with E-state index in [0.717, 1.165) is 20.1 Å². The minimum Gasteiger partial charge on any atom is -0.476 e. The van der Waals surface area contributed by atoms with E-state index in [2.05, 4.69) is 31.3 Å². The SMILES string of the molecule is Cc1ccc(NC(=O)COc2c(C=Nn3c(-c4cc5cc(Br)ccc5o4)nc4ccccc4c3=O)cccc2[N+](=O)[O-])cc1. The Morgan fingerprint density at radius 1 is 1.09 bits per heavy atom. The van der Waals surface area contributed by atoms with E-state index in [-0.39, 0.29) is 22.8 Å². The highest BCUT2D eigenvalue weighted by Crippen LogP contribution is 2.31. The molecule has 6 aromatic rings. The molecule has 1 N–H and O–H groups in total. The minimum atomic E-state index is -0.619. The number of aryl methyl sites for hydroxylation is 1. The highest BCUT2D eigenvalue weighted by Gasteiger charge is 2.21. The van der Waals surface area contributed by atoms with Gasteiger partial charge in [0.2, 0.25) is 11.6 Å². The summed E-state index contributed by atoms with van der Waals surface area (Å²) < 4.78 is 13.6. The number of anilines is 1. The van der Waals surface area contributed by atoms with Gasteiger partial charge in [-0.2, -0.15) is 9.78 Å². The number of benzene rings is 4. The molecule has 0 unspecified atom stereocenters. The third-order valence-corrected chi connectivity index (χ3v) is 7.16. The Balaban J connectivity index is 1.39. The van der Waals surface area contributed by atoms with Gasteiger partial charge >= 0.3 is 5.69 Å². The standard InChI is InChI=1S/C32H22BrN5O6/c1-19-9-12-23(13-10-19)35-29(39)18-43-30-20(5-4-8-26(30)38(41)42)17-34-37-31(36-25-7-3-2-6-24(25)32(37)40)28-16-21-15-22(33)11-14-27(21)44-28/h2-17H,18H2,1H3,(H,35,39). The predicted octanol–water partition coefficient (Wildman–Crippen LogP) is 6.69. The number of hydrogen-bond donors (Lipinski definition) is 1. The first-order valence-electron chi connectivity index (χ1n) is 13.3. The lowest BCUT2D eigenvalue weighted by Gasteiger charge is -2.11. The highest BCUT2D eigenvalue weighted by atomic mass is 79.9. The first-order valence-corrected chi connectivity index (χ1v) is 14.1. The second-order valence-corrected chi connectivity index (χ2v) is 10.7. The molecule has 12 heteroatoms. The Morgan fingerprint density at radius 3 is 2.68 bits per heavy atom. The normalized spacial score (nSPS) is 11.3. The van der Waals surface area contributed by atoms with Crippen molar-refractivity contribution in [1.82, 2.24) is 9.66 Å². The lowest BCUT2D eigenvalue weighted by molar-refractivity contribution is -0.385. The Kier molecular flexibility index (Phi) is 7.73. The zero-order valence-electron chi connectivity index (χ0n) is 23.1. The zero-order valence-corrected chi connectivity index (χ0v) is 24.6. The van der Waals surface area contributed by atoms with Crippen LogP contribution in [0, 0.1) is 17.0 Å². The van der Waals surface area contributed by atoms with Crippen LogP contribution in [0.5, 0.6) is 5.75 Å². The Labute approximate surface area is 257 Å². The maximum atomic E-state index is 13.7. The number of nitro benzene ring substituents is 1. The summed E-state index contributed by atoms with van der Waals surface area (Å²) in [6.45, 7) is 1.42. The molecule has 0 radical (unpaired) electrons. The Bertz CT molecular complexity index is 2150. The van der Waals surface area contributed by atoms with Crippen molar-refractivity contribution in [2.24, 2.45) is 5.10 Å². The van der Waals surface area contributed by atoms with Crippen molar-refractivity contribution in [1.29, 1.82) is 0 Å². The van der Waals surface area contributed by atoms with E-state index in [4.69, 9.17) is 9.15 Å². The summed E-state index contributed by atoms with van der Waals surface area (Å²) in [5, 5.41) is 20.1. The summed E-state index contributed by atoms with van der Waals surface area (Å²) >= 11 is 3.45. The van der Waals surface area contributed by atoms with Crippen molar-refractivity contribution >= 4 is 61.3 Å². The molecule has 0 atom stereocenters. The third-order valence-electron chi connectivity index (χ3n) is 6.67. The van der Waals surface area contributed by atoms with E-state index in [9.17, 15) is 19.7 Å². The van der Waals surface area contributed by atoms with Crippen molar-refractivity contribution in [3.05, 3.63) is 127 Å². The molecule has 4 aromatic carbocycles. The number of rotatable bonds is 8. The topological polar surface area (TPSA) is 142 Å². The minimum absolute atomic E-state index is 0.127. The van der Waals surface area contributed by atoms with Crippen molar-refractivity contribution in [3.63, 3.8) is 0 Å². The molecule has 44 heavy (non-hydrogen) atoms. The molecule has 0 saturated carbocycles. The zero-order chi connectivity index (χ0) is 30.8. The number of hydrogen-bond acceptors (Lipinski definition) is 8. The number of carbonyl (C=O) groups is 1. The molecule has 6 rings (SSSR count). The fourth-order valence-corrected chi connectivity index (χ4v) is 4.93. The highest BCUT2D eigenvalue weighted by molar-refractivity contribution is 9.10. The van der Waals surface area contributed by atoms with Gasteiger partial charge in [-0.25, -0.2) is 4.98 Å². The average molecular weight is 652 g/mol. The molecule has 2 heterocycles. The number of carbonyl (C=O) groups excluding carboxylic acids is 1. The van der Waals surface area contributed by atoms with Crippen LogP contribution in [0.25, 0.3) is 33.5 Å². The van der Waals surface area contributed by atoms with Gasteiger partial charge in [0.1, 0.15) is 5.58 Å². The largest absolute Gasteiger partial charge is 0.476 e. The van der Waals surface area contributed by atoms with Crippen molar-refractivity contribution < 1.29 is 18.9 Å². The van der Waals surface area contributed by atoms with Crippen LogP contribution >= 0.6 is 15.9 Å². The number of aromatic nitrogens is 2. The van der Waals surface area contributed by atoms with Gasteiger partial charge in [-0.1, -0.05) is 51.8 Å². The molecule has 0 fully saturated rings. The van der Waals surface area contributed by atoms with Crippen LogP contribution in [0.4, 0.5) is 11.4 Å². The number of nitrogens with one attached hydrogen (secondary N) is 1. The summed E-state index contributed by atoms with van der Waals surface area (Å²) in [5.74, 6) is -0.273. The number of amides is 1. The van der Waals surface area contributed by atoms with Crippen LogP contribution in [0.3, 0.4) is 0 Å².